The zero-order valence-corrected chi connectivity index (χ0v) is 11.7. The average molecular weight is 242 g/mol. The molecule has 1 aliphatic rings. The Morgan fingerprint density at radius 1 is 1.47 bits per heavy atom. The van der Waals surface area contributed by atoms with Gasteiger partial charge < -0.3 is 9.64 Å². The lowest BCUT2D eigenvalue weighted by molar-refractivity contribution is -0.136. The summed E-state index contributed by atoms with van der Waals surface area (Å²) in [4.78, 5) is 14.4. The van der Waals surface area contributed by atoms with Gasteiger partial charge in [-0.05, 0) is 33.6 Å². The van der Waals surface area contributed by atoms with Gasteiger partial charge in [0.25, 0.3) is 0 Å². The van der Waals surface area contributed by atoms with Gasteiger partial charge in [0.2, 0.25) is 5.91 Å². The highest BCUT2D eigenvalue weighted by Gasteiger charge is 2.47. The zero-order chi connectivity index (χ0) is 13.1. The summed E-state index contributed by atoms with van der Waals surface area (Å²) in [5.41, 5.74) is -0.402. The molecule has 1 saturated heterocycles. The Bertz CT molecular complexity index is 270. The second kappa shape index (κ2) is 5.83. The first-order valence-electron chi connectivity index (χ1n) is 6.68. The number of nitrogens with one attached hydrogen (secondary N) is 1. The summed E-state index contributed by atoms with van der Waals surface area (Å²) in [7, 11) is 0. The lowest BCUT2D eigenvalue weighted by Gasteiger charge is -2.29. The van der Waals surface area contributed by atoms with E-state index in [2.05, 4.69) is 19.2 Å². The third kappa shape index (κ3) is 2.80. The van der Waals surface area contributed by atoms with Crippen LogP contribution in [-0.4, -0.2) is 41.8 Å². The molecule has 17 heavy (non-hydrogen) atoms. The van der Waals surface area contributed by atoms with Gasteiger partial charge in [-0.15, -0.1) is 0 Å². The lowest BCUT2D eigenvalue weighted by Crippen LogP contribution is -2.45. The second-order valence-corrected chi connectivity index (χ2v) is 4.97. The summed E-state index contributed by atoms with van der Waals surface area (Å²) >= 11 is 0. The Kier molecular flexibility index (Phi) is 4.95. The van der Waals surface area contributed by atoms with E-state index in [4.69, 9.17) is 4.74 Å². The molecule has 3 unspecified atom stereocenters. The highest BCUT2D eigenvalue weighted by atomic mass is 16.5. The predicted molar refractivity (Wildman–Crippen MR) is 68.7 cm³/mol. The molecular weight excluding hydrogens is 216 g/mol. The molecular formula is C13H26N2O2. The highest BCUT2D eigenvalue weighted by Crippen LogP contribution is 2.26. The fraction of sp³-hybridized carbons (Fsp3) is 0.923. The Morgan fingerprint density at radius 3 is 2.59 bits per heavy atom. The molecule has 0 aromatic carbocycles. The second-order valence-electron chi connectivity index (χ2n) is 4.97. The van der Waals surface area contributed by atoms with Gasteiger partial charge >= 0.3 is 0 Å². The minimum atomic E-state index is -0.402. The van der Waals surface area contributed by atoms with Crippen LogP contribution in [0.25, 0.3) is 0 Å². The first kappa shape index (κ1) is 14.5. The summed E-state index contributed by atoms with van der Waals surface area (Å²) in [6.45, 7) is 11.5. The molecule has 0 spiro atoms. The van der Waals surface area contributed by atoms with Gasteiger partial charge in [0.1, 0.15) is 0 Å². The molecule has 0 aromatic heterocycles. The number of nitrogens with zero attached hydrogens (tertiary/aromatic N) is 1. The van der Waals surface area contributed by atoms with Crippen LogP contribution in [0.3, 0.4) is 0 Å². The van der Waals surface area contributed by atoms with Crippen LogP contribution in [-0.2, 0) is 9.53 Å². The molecule has 1 aliphatic heterocycles. The van der Waals surface area contributed by atoms with Gasteiger partial charge in [-0.3, -0.25) is 10.1 Å². The summed E-state index contributed by atoms with van der Waals surface area (Å²) < 4.78 is 5.43. The molecule has 3 atom stereocenters. The number of hydrogen-bond donors (Lipinski definition) is 1. The van der Waals surface area contributed by atoms with E-state index < -0.39 is 5.54 Å². The van der Waals surface area contributed by atoms with Crippen molar-refractivity contribution in [1.29, 1.82) is 0 Å². The van der Waals surface area contributed by atoms with Crippen molar-refractivity contribution in [2.24, 2.45) is 0 Å². The van der Waals surface area contributed by atoms with Gasteiger partial charge in [-0.1, -0.05) is 13.8 Å². The van der Waals surface area contributed by atoms with Crippen LogP contribution in [0.4, 0.5) is 0 Å². The Labute approximate surface area is 105 Å². The molecule has 1 fully saturated rings. The van der Waals surface area contributed by atoms with Crippen molar-refractivity contribution in [3.63, 3.8) is 0 Å². The summed E-state index contributed by atoms with van der Waals surface area (Å²) in [6, 6.07) is 0.133. The average Bonchev–Trinajstić information content (AvgIpc) is 2.59. The normalized spacial score (nSPS) is 31.0. The number of hydrogen-bond acceptors (Lipinski definition) is 3. The summed E-state index contributed by atoms with van der Waals surface area (Å²) in [5, 5.41) is 3.44. The molecule has 100 valence electrons. The monoisotopic (exact) mass is 242 g/mol. The van der Waals surface area contributed by atoms with Gasteiger partial charge in [0, 0.05) is 6.61 Å². The molecule has 0 bridgehead atoms. The minimum absolute atomic E-state index is 0.133. The Morgan fingerprint density at radius 2 is 2.12 bits per heavy atom. The van der Waals surface area contributed by atoms with Crippen LogP contribution in [0.2, 0.25) is 0 Å². The summed E-state index contributed by atoms with van der Waals surface area (Å²) in [5.74, 6) is 0.207. The molecule has 0 aliphatic carbocycles. The fourth-order valence-corrected chi connectivity index (χ4v) is 2.35. The van der Waals surface area contributed by atoms with E-state index >= 15 is 0 Å². The van der Waals surface area contributed by atoms with Crippen LogP contribution in [0, 0.1) is 0 Å². The highest BCUT2D eigenvalue weighted by molar-refractivity contribution is 5.88. The number of amides is 1. The number of rotatable bonds is 6. The largest absolute Gasteiger partial charge is 0.380 e. The topological polar surface area (TPSA) is 41.6 Å². The lowest BCUT2D eigenvalue weighted by atomic mass is 9.99. The van der Waals surface area contributed by atoms with Gasteiger partial charge in [-0.2, -0.15) is 0 Å². The number of carbonyl (C=O) groups is 1. The third-order valence-electron chi connectivity index (χ3n) is 3.66. The first-order valence-corrected chi connectivity index (χ1v) is 6.68. The van der Waals surface area contributed by atoms with Gasteiger partial charge in [0.15, 0.2) is 0 Å². The van der Waals surface area contributed by atoms with Crippen LogP contribution < -0.4 is 5.32 Å². The van der Waals surface area contributed by atoms with Crippen molar-refractivity contribution in [3.8, 4) is 0 Å². The molecule has 0 saturated carbocycles. The fourth-order valence-electron chi connectivity index (χ4n) is 2.35. The van der Waals surface area contributed by atoms with E-state index in [1.807, 2.05) is 25.7 Å². The van der Waals surface area contributed by atoms with E-state index in [1.54, 1.807) is 0 Å². The molecule has 0 aromatic rings. The van der Waals surface area contributed by atoms with E-state index in [0.717, 1.165) is 12.8 Å². The minimum Gasteiger partial charge on any atom is -0.380 e. The van der Waals surface area contributed by atoms with Crippen molar-refractivity contribution in [3.05, 3.63) is 0 Å². The molecule has 4 nitrogen and oxygen atoms in total. The standard InChI is InChI=1S/C13H26N2O2/c1-6-11-14-13(5,7-2)12(16)15(11)10(4)9-17-8-3/h10-11,14H,6-9H2,1-5H3. The van der Waals surface area contributed by atoms with Crippen LogP contribution in [0.15, 0.2) is 0 Å². The third-order valence-corrected chi connectivity index (χ3v) is 3.66. The molecule has 1 rings (SSSR count). The van der Waals surface area contributed by atoms with Gasteiger partial charge in [0.05, 0.1) is 24.4 Å². The van der Waals surface area contributed by atoms with E-state index in [0.29, 0.717) is 13.2 Å². The Hall–Kier alpha value is -0.610. The van der Waals surface area contributed by atoms with Crippen molar-refractivity contribution in [1.82, 2.24) is 10.2 Å². The molecule has 1 amide bonds. The maximum absolute atomic E-state index is 12.4. The van der Waals surface area contributed by atoms with E-state index in [9.17, 15) is 4.79 Å². The quantitative estimate of drug-likeness (QED) is 0.771. The first-order chi connectivity index (χ1) is 8.00. The molecule has 0 radical (unpaired) electrons. The van der Waals surface area contributed by atoms with Crippen molar-refractivity contribution >= 4 is 5.91 Å². The zero-order valence-electron chi connectivity index (χ0n) is 11.7. The van der Waals surface area contributed by atoms with Crippen LogP contribution in [0.5, 0.6) is 0 Å². The van der Waals surface area contributed by atoms with E-state index in [1.165, 1.54) is 0 Å². The van der Waals surface area contributed by atoms with Crippen LogP contribution >= 0.6 is 0 Å². The maximum Gasteiger partial charge on any atom is 0.244 e. The molecule has 4 heteroatoms. The Balaban J connectivity index is 2.78. The number of carbonyl (C=O) groups excluding carboxylic acids is 1. The molecule has 1 N–H and O–H groups in total. The van der Waals surface area contributed by atoms with E-state index in [-0.39, 0.29) is 18.1 Å². The van der Waals surface area contributed by atoms with Crippen molar-refractivity contribution in [2.45, 2.75) is 65.2 Å². The van der Waals surface area contributed by atoms with Crippen molar-refractivity contribution in [2.75, 3.05) is 13.2 Å². The maximum atomic E-state index is 12.4. The smallest absolute Gasteiger partial charge is 0.244 e. The van der Waals surface area contributed by atoms with Crippen molar-refractivity contribution < 1.29 is 9.53 Å². The van der Waals surface area contributed by atoms with Crippen LogP contribution in [0.1, 0.15) is 47.5 Å². The van der Waals surface area contributed by atoms with Gasteiger partial charge in [-0.25, -0.2) is 0 Å². The number of ether oxygens (including phenoxy) is 1. The summed E-state index contributed by atoms with van der Waals surface area (Å²) in [6.07, 6.45) is 1.89. The SMILES string of the molecule is CCOCC(C)N1C(=O)C(C)(CC)NC1CC. The molecule has 1 heterocycles. The predicted octanol–water partition coefficient (Wildman–Crippen LogP) is 1.75.